The summed E-state index contributed by atoms with van der Waals surface area (Å²) in [4.78, 5) is 11.6. The molecule has 0 N–H and O–H groups in total. The molecule has 16 heavy (non-hydrogen) atoms. The van der Waals surface area contributed by atoms with Crippen molar-refractivity contribution in [3.63, 3.8) is 0 Å². The van der Waals surface area contributed by atoms with Crippen LogP contribution in [0.4, 0.5) is 0 Å². The van der Waals surface area contributed by atoms with Gasteiger partial charge in [0.25, 0.3) is 0 Å². The highest BCUT2D eigenvalue weighted by Crippen LogP contribution is 2.29. The van der Waals surface area contributed by atoms with Crippen LogP contribution in [0.15, 0.2) is 0 Å². The van der Waals surface area contributed by atoms with E-state index >= 15 is 0 Å². The number of hydrogen-bond donors (Lipinski definition) is 0. The molecule has 0 aliphatic heterocycles. The molecule has 0 rings (SSSR count). The third-order valence-electron chi connectivity index (χ3n) is 2.36. The van der Waals surface area contributed by atoms with Crippen molar-refractivity contribution in [3.05, 3.63) is 0 Å². The molecule has 0 aliphatic carbocycles. The highest BCUT2D eigenvalue weighted by Gasteiger charge is 2.50. The summed E-state index contributed by atoms with van der Waals surface area (Å²) < 4.78 is 17.1. The highest BCUT2D eigenvalue weighted by atomic mass is 28.4. The Morgan fingerprint density at radius 1 is 1.00 bits per heavy atom. The molecule has 0 aromatic rings. The van der Waals surface area contributed by atoms with Crippen LogP contribution in [0.2, 0.25) is 5.54 Å². The predicted molar refractivity (Wildman–Crippen MR) is 65.4 cm³/mol. The molecule has 0 aliphatic rings. The van der Waals surface area contributed by atoms with E-state index < -0.39 is 8.80 Å². The maximum absolute atomic E-state index is 11.6. The average molecular weight is 248 g/mol. The van der Waals surface area contributed by atoms with E-state index in [4.69, 9.17) is 13.3 Å². The van der Waals surface area contributed by atoms with Gasteiger partial charge < -0.3 is 13.3 Å². The molecule has 0 amide bonds. The van der Waals surface area contributed by atoms with Gasteiger partial charge in [-0.05, 0) is 34.1 Å². The van der Waals surface area contributed by atoms with Crippen LogP contribution in [0.5, 0.6) is 0 Å². The first-order valence-corrected chi connectivity index (χ1v) is 7.80. The van der Waals surface area contributed by atoms with Gasteiger partial charge >= 0.3 is 8.80 Å². The summed E-state index contributed by atoms with van der Waals surface area (Å²) in [6.07, 6.45) is 0.696. The molecular formula is C11H24O4Si. The van der Waals surface area contributed by atoms with Gasteiger partial charge in [-0.3, -0.25) is 4.79 Å². The molecule has 96 valence electrons. The molecule has 0 aromatic heterocycles. The minimum Gasteiger partial charge on any atom is -0.373 e. The summed E-state index contributed by atoms with van der Waals surface area (Å²) in [5, 5.41) is 0. The number of carbonyl (C=O) groups is 1. The van der Waals surface area contributed by atoms with E-state index in [1.165, 1.54) is 0 Å². The Kier molecular flexibility index (Phi) is 7.83. The van der Waals surface area contributed by atoms with Crippen molar-refractivity contribution < 1.29 is 18.1 Å². The minimum atomic E-state index is -2.84. The predicted octanol–water partition coefficient (Wildman–Crippen LogP) is 2.40. The Morgan fingerprint density at radius 2 is 1.38 bits per heavy atom. The van der Waals surface area contributed by atoms with E-state index in [9.17, 15) is 4.79 Å². The first-order chi connectivity index (χ1) is 7.57. The van der Waals surface area contributed by atoms with Gasteiger partial charge in [0.2, 0.25) is 0 Å². The van der Waals surface area contributed by atoms with Gasteiger partial charge in [0.15, 0.2) is 0 Å². The van der Waals surface area contributed by atoms with Crippen LogP contribution in [0.3, 0.4) is 0 Å². The van der Waals surface area contributed by atoms with Crippen molar-refractivity contribution >= 4 is 14.6 Å². The van der Waals surface area contributed by atoms with Crippen molar-refractivity contribution in [2.45, 2.75) is 46.6 Å². The van der Waals surface area contributed by atoms with Crippen molar-refractivity contribution in [3.8, 4) is 0 Å². The van der Waals surface area contributed by atoms with Crippen LogP contribution in [0.25, 0.3) is 0 Å². The lowest BCUT2D eigenvalue weighted by Crippen LogP contribution is -2.52. The number of hydrogen-bond acceptors (Lipinski definition) is 4. The quantitative estimate of drug-likeness (QED) is 0.588. The molecule has 0 radical (unpaired) electrons. The fraction of sp³-hybridized carbons (Fsp3) is 0.909. The normalized spacial score (nSPS) is 13.8. The molecule has 0 saturated carbocycles. The van der Waals surface area contributed by atoms with Gasteiger partial charge in [0.1, 0.15) is 5.78 Å². The third kappa shape index (κ3) is 3.97. The summed E-state index contributed by atoms with van der Waals surface area (Å²) in [5.74, 6) is 0.0875. The first-order valence-electron chi connectivity index (χ1n) is 6.00. The Bertz CT molecular complexity index is 191. The van der Waals surface area contributed by atoms with Crippen LogP contribution >= 0.6 is 0 Å². The topological polar surface area (TPSA) is 44.8 Å². The van der Waals surface area contributed by atoms with Gasteiger partial charge in [0.05, 0.1) is 5.54 Å². The van der Waals surface area contributed by atoms with Gasteiger partial charge in [-0.15, -0.1) is 0 Å². The Balaban J connectivity index is 5.01. The zero-order valence-electron chi connectivity index (χ0n) is 11.0. The second-order valence-electron chi connectivity index (χ2n) is 3.47. The molecule has 0 bridgehead atoms. The Morgan fingerprint density at radius 3 is 1.56 bits per heavy atom. The summed E-state index contributed by atoms with van der Waals surface area (Å²) >= 11 is 0. The van der Waals surface area contributed by atoms with Gasteiger partial charge in [-0.2, -0.15) is 0 Å². The first kappa shape index (κ1) is 15.8. The standard InChI is InChI=1S/C11H24O4Si/c1-6-11(10(5)12)16(13-7-2,14-8-3)15-9-4/h11H,6-9H2,1-5H3. The molecule has 0 fully saturated rings. The van der Waals surface area contributed by atoms with Gasteiger partial charge in [-0.25, -0.2) is 0 Å². The summed E-state index contributed by atoms with van der Waals surface area (Å²) in [6, 6.07) is 0. The van der Waals surface area contributed by atoms with E-state index in [0.717, 1.165) is 0 Å². The molecule has 0 saturated heterocycles. The monoisotopic (exact) mass is 248 g/mol. The molecule has 1 atom stereocenters. The Hall–Kier alpha value is -0.233. The fourth-order valence-electron chi connectivity index (χ4n) is 1.82. The van der Waals surface area contributed by atoms with Crippen LogP contribution in [-0.4, -0.2) is 34.4 Å². The lowest BCUT2D eigenvalue weighted by Gasteiger charge is -2.33. The van der Waals surface area contributed by atoms with Crippen LogP contribution in [-0.2, 0) is 18.1 Å². The molecular weight excluding hydrogens is 224 g/mol. The molecule has 5 heteroatoms. The number of Topliss-reactive ketones (excluding diaryl/α,β-unsaturated/α-hetero) is 1. The number of rotatable bonds is 9. The zero-order valence-corrected chi connectivity index (χ0v) is 12.0. The summed E-state index contributed by atoms with van der Waals surface area (Å²) in [7, 11) is -2.84. The van der Waals surface area contributed by atoms with E-state index in [0.29, 0.717) is 26.2 Å². The largest absolute Gasteiger partial charge is 0.511 e. The van der Waals surface area contributed by atoms with Crippen molar-refractivity contribution in [1.82, 2.24) is 0 Å². The minimum absolute atomic E-state index is 0.0875. The second-order valence-corrected chi connectivity index (χ2v) is 6.24. The number of ketones is 1. The van der Waals surface area contributed by atoms with Crippen molar-refractivity contribution in [1.29, 1.82) is 0 Å². The van der Waals surface area contributed by atoms with E-state index in [1.807, 2.05) is 27.7 Å². The smallest absolute Gasteiger partial charge is 0.373 e. The van der Waals surface area contributed by atoms with Crippen LogP contribution in [0, 0.1) is 0 Å². The average Bonchev–Trinajstić information content (AvgIpc) is 2.19. The molecule has 0 aromatic carbocycles. The van der Waals surface area contributed by atoms with Crippen LogP contribution < -0.4 is 0 Å². The number of carbonyl (C=O) groups excluding carboxylic acids is 1. The second kappa shape index (κ2) is 7.95. The van der Waals surface area contributed by atoms with Crippen molar-refractivity contribution in [2.24, 2.45) is 0 Å². The maximum atomic E-state index is 11.6. The van der Waals surface area contributed by atoms with Gasteiger partial charge in [-0.1, -0.05) is 6.92 Å². The third-order valence-corrected chi connectivity index (χ3v) is 6.10. The van der Waals surface area contributed by atoms with E-state index in [-0.39, 0.29) is 11.3 Å². The lowest BCUT2D eigenvalue weighted by molar-refractivity contribution is -0.118. The fourth-order valence-corrected chi connectivity index (χ4v) is 4.88. The molecule has 0 spiro atoms. The molecule has 0 heterocycles. The van der Waals surface area contributed by atoms with Gasteiger partial charge in [0, 0.05) is 19.8 Å². The Labute approximate surface area is 99.6 Å². The van der Waals surface area contributed by atoms with E-state index in [2.05, 4.69) is 0 Å². The summed E-state index contributed by atoms with van der Waals surface area (Å²) in [6.45, 7) is 10.8. The highest BCUT2D eigenvalue weighted by molar-refractivity contribution is 6.66. The molecule has 1 unspecified atom stereocenters. The SMILES string of the molecule is CCO[Si](OCC)(OCC)C(CC)C(C)=O. The molecule has 4 nitrogen and oxygen atoms in total. The lowest BCUT2D eigenvalue weighted by atomic mass is 10.2. The van der Waals surface area contributed by atoms with E-state index in [1.54, 1.807) is 6.92 Å². The zero-order chi connectivity index (χ0) is 12.6. The van der Waals surface area contributed by atoms with Crippen LogP contribution in [0.1, 0.15) is 41.0 Å². The summed E-state index contributed by atoms with van der Waals surface area (Å²) in [5.41, 5.74) is -0.243. The van der Waals surface area contributed by atoms with Crippen molar-refractivity contribution in [2.75, 3.05) is 19.8 Å². The maximum Gasteiger partial charge on any atom is 0.511 e.